The van der Waals surface area contributed by atoms with Crippen molar-refractivity contribution in [3.05, 3.63) is 49.8 Å². The standard InChI is InChI=1S/C12H10BrClN2OS/c1-7(9-5-6-11(14)18-9)15-12(17)8-3-2-4-10(13)16-8/h2-7H,1H3,(H,15,17). The normalized spacial score (nSPS) is 12.2. The van der Waals surface area contributed by atoms with Gasteiger partial charge in [0, 0.05) is 4.88 Å². The van der Waals surface area contributed by atoms with Gasteiger partial charge in [-0.1, -0.05) is 17.7 Å². The third kappa shape index (κ3) is 3.31. The second kappa shape index (κ2) is 5.82. The first-order chi connectivity index (χ1) is 8.56. The first kappa shape index (κ1) is 13.5. The summed E-state index contributed by atoms with van der Waals surface area (Å²) in [5.41, 5.74) is 0.388. The molecule has 94 valence electrons. The quantitative estimate of drug-likeness (QED) is 0.853. The molecule has 2 aromatic heterocycles. The molecule has 0 aliphatic heterocycles. The molecule has 0 spiro atoms. The molecule has 0 radical (unpaired) electrons. The Hall–Kier alpha value is -0.910. The maximum Gasteiger partial charge on any atom is 0.270 e. The Morgan fingerprint density at radius 3 is 2.83 bits per heavy atom. The van der Waals surface area contributed by atoms with Crippen molar-refractivity contribution in [3.63, 3.8) is 0 Å². The van der Waals surface area contributed by atoms with Crippen LogP contribution < -0.4 is 5.32 Å². The molecule has 18 heavy (non-hydrogen) atoms. The van der Waals surface area contributed by atoms with E-state index >= 15 is 0 Å². The molecule has 0 bridgehead atoms. The fourth-order valence-electron chi connectivity index (χ4n) is 1.44. The Balaban J connectivity index is 2.08. The lowest BCUT2D eigenvalue weighted by Crippen LogP contribution is -2.26. The van der Waals surface area contributed by atoms with Crippen molar-refractivity contribution in [2.45, 2.75) is 13.0 Å². The molecular weight excluding hydrogens is 336 g/mol. The number of aromatic nitrogens is 1. The molecule has 1 unspecified atom stereocenters. The van der Waals surface area contributed by atoms with E-state index in [2.05, 4.69) is 26.2 Å². The molecular formula is C12H10BrClN2OS. The lowest BCUT2D eigenvalue weighted by atomic mass is 10.2. The average Bonchev–Trinajstić information content (AvgIpc) is 2.76. The largest absolute Gasteiger partial charge is 0.343 e. The number of thiophene rings is 1. The minimum Gasteiger partial charge on any atom is -0.343 e. The second-order valence-corrected chi connectivity index (χ2v) is 6.24. The number of hydrogen-bond donors (Lipinski definition) is 1. The predicted molar refractivity (Wildman–Crippen MR) is 77.1 cm³/mol. The number of pyridine rings is 1. The number of carbonyl (C=O) groups excluding carboxylic acids is 1. The van der Waals surface area contributed by atoms with Gasteiger partial charge in [0.1, 0.15) is 10.3 Å². The van der Waals surface area contributed by atoms with Crippen LogP contribution in [-0.4, -0.2) is 10.9 Å². The molecule has 0 saturated heterocycles. The maximum atomic E-state index is 12.0. The van der Waals surface area contributed by atoms with Gasteiger partial charge in [-0.05, 0) is 47.1 Å². The summed E-state index contributed by atoms with van der Waals surface area (Å²) in [4.78, 5) is 17.1. The SMILES string of the molecule is CC(NC(=O)c1cccc(Br)n1)c1ccc(Cl)s1. The first-order valence-corrected chi connectivity index (χ1v) is 7.23. The smallest absolute Gasteiger partial charge is 0.270 e. The van der Waals surface area contributed by atoms with Crippen LogP contribution >= 0.6 is 38.9 Å². The fourth-order valence-corrected chi connectivity index (χ4v) is 2.84. The number of halogens is 2. The summed E-state index contributed by atoms with van der Waals surface area (Å²) in [5.74, 6) is -0.201. The summed E-state index contributed by atoms with van der Waals surface area (Å²) >= 11 is 10.6. The summed E-state index contributed by atoms with van der Waals surface area (Å²) in [7, 11) is 0. The van der Waals surface area contributed by atoms with Gasteiger partial charge in [0.2, 0.25) is 0 Å². The van der Waals surface area contributed by atoms with E-state index < -0.39 is 0 Å². The van der Waals surface area contributed by atoms with E-state index in [1.165, 1.54) is 11.3 Å². The van der Waals surface area contributed by atoms with Crippen LogP contribution in [0, 0.1) is 0 Å². The van der Waals surface area contributed by atoms with Crippen molar-refractivity contribution in [3.8, 4) is 0 Å². The molecule has 2 rings (SSSR count). The molecule has 0 aliphatic carbocycles. The van der Waals surface area contributed by atoms with Gasteiger partial charge < -0.3 is 5.32 Å². The zero-order valence-electron chi connectivity index (χ0n) is 9.48. The molecule has 0 aromatic carbocycles. The predicted octanol–water partition coefficient (Wildman–Crippen LogP) is 4.05. The minimum atomic E-state index is -0.201. The topological polar surface area (TPSA) is 42.0 Å². The average molecular weight is 346 g/mol. The molecule has 0 fully saturated rings. The number of nitrogens with one attached hydrogen (secondary N) is 1. The summed E-state index contributed by atoms with van der Waals surface area (Å²) in [6, 6.07) is 8.87. The summed E-state index contributed by atoms with van der Waals surface area (Å²) in [6.07, 6.45) is 0. The van der Waals surface area contributed by atoms with Gasteiger partial charge in [-0.15, -0.1) is 11.3 Å². The van der Waals surface area contributed by atoms with Gasteiger partial charge in [0.15, 0.2) is 0 Å². The van der Waals surface area contributed by atoms with Crippen LogP contribution in [0.2, 0.25) is 4.34 Å². The lowest BCUT2D eigenvalue weighted by molar-refractivity contribution is 0.0935. The van der Waals surface area contributed by atoms with E-state index in [9.17, 15) is 4.79 Å². The Labute approximate surface area is 122 Å². The maximum absolute atomic E-state index is 12.0. The van der Waals surface area contributed by atoms with Crippen LogP contribution in [0.3, 0.4) is 0 Å². The van der Waals surface area contributed by atoms with Crippen LogP contribution in [0.4, 0.5) is 0 Å². The van der Waals surface area contributed by atoms with Crippen LogP contribution in [0.15, 0.2) is 34.9 Å². The number of hydrogen-bond acceptors (Lipinski definition) is 3. The van der Waals surface area contributed by atoms with E-state index in [0.717, 1.165) is 4.88 Å². The van der Waals surface area contributed by atoms with Gasteiger partial charge in [0.25, 0.3) is 5.91 Å². The molecule has 1 amide bonds. The molecule has 2 heterocycles. The van der Waals surface area contributed by atoms with Crippen LogP contribution in [-0.2, 0) is 0 Å². The number of nitrogens with zero attached hydrogens (tertiary/aromatic N) is 1. The third-order valence-corrected chi connectivity index (χ3v) is 4.17. The number of amides is 1. The monoisotopic (exact) mass is 344 g/mol. The van der Waals surface area contributed by atoms with Crippen LogP contribution in [0.25, 0.3) is 0 Å². The second-order valence-electron chi connectivity index (χ2n) is 3.68. The fraction of sp³-hybridized carbons (Fsp3) is 0.167. The van der Waals surface area contributed by atoms with Crippen molar-refractivity contribution in [1.82, 2.24) is 10.3 Å². The Morgan fingerprint density at radius 2 is 2.22 bits per heavy atom. The molecule has 3 nitrogen and oxygen atoms in total. The van der Waals surface area contributed by atoms with Gasteiger partial charge in [0.05, 0.1) is 10.4 Å². The van der Waals surface area contributed by atoms with Gasteiger partial charge >= 0.3 is 0 Å². The van der Waals surface area contributed by atoms with E-state index in [0.29, 0.717) is 14.6 Å². The highest BCUT2D eigenvalue weighted by Crippen LogP contribution is 2.26. The van der Waals surface area contributed by atoms with Crippen molar-refractivity contribution in [2.75, 3.05) is 0 Å². The minimum absolute atomic E-state index is 0.0872. The highest BCUT2D eigenvalue weighted by atomic mass is 79.9. The van der Waals surface area contributed by atoms with Crippen LogP contribution in [0.1, 0.15) is 28.3 Å². The van der Waals surface area contributed by atoms with E-state index in [1.54, 1.807) is 18.2 Å². The van der Waals surface area contributed by atoms with Gasteiger partial charge in [-0.25, -0.2) is 4.98 Å². The van der Waals surface area contributed by atoms with E-state index in [1.807, 2.05) is 19.1 Å². The van der Waals surface area contributed by atoms with E-state index in [-0.39, 0.29) is 11.9 Å². The number of rotatable bonds is 3. The summed E-state index contributed by atoms with van der Waals surface area (Å²) in [6.45, 7) is 1.91. The highest BCUT2D eigenvalue weighted by Gasteiger charge is 2.14. The Kier molecular flexibility index (Phi) is 4.37. The van der Waals surface area contributed by atoms with Crippen molar-refractivity contribution in [1.29, 1.82) is 0 Å². The highest BCUT2D eigenvalue weighted by molar-refractivity contribution is 9.10. The Morgan fingerprint density at radius 1 is 1.44 bits per heavy atom. The van der Waals surface area contributed by atoms with Gasteiger partial charge in [-0.3, -0.25) is 4.79 Å². The summed E-state index contributed by atoms with van der Waals surface area (Å²) in [5, 5.41) is 2.88. The molecule has 2 aromatic rings. The zero-order valence-corrected chi connectivity index (χ0v) is 12.6. The first-order valence-electron chi connectivity index (χ1n) is 5.25. The van der Waals surface area contributed by atoms with Gasteiger partial charge in [-0.2, -0.15) is 0 Å². The molecule has 6 heteroatoms. The van der Waals surface area contributed by atoms with Crippen molar-refractivity contribution < 1.29 is 4.79 Å². The molecule has 1 atom stereocenters. The van der Waals surface area contributed by atoms with E-state index in [4.69, 9.17) is 11.6 Å². The third-order valence-electron chi connectivity index (χ3n) is 2.32. The molecule has 1 N–H and O–H groups in total. The molecule has 0 aliphatic rings. The molecule has 0 saturated carbocycles. The summed E-state index contributed by atoms with van der Waals surface area (Å²) < 4.78 is 1.36. The van der Waals surface area contributed by atoms with Crippen molar-refractivity contribution >= 4 is 44.8 Å². The zero-order chi connectivity index (χ0) is 13.1. The van der Waals surface area contributed by atoms with Crippen LogP contribution in [0.5, 0.6) is 0 Å². The Bertz CT molecular complexity index is 573. The van der Waals surface area contributed by atoms with Crippen molar-refractivity contribution in [2.24, 2.45) is 0 Å². The lowest BCUT2D eigenvalue weighted by Gasteiger charge is -2.11. The number of carbonyl (C=O) groups is 1.